The Morgan fingerprint density at radius 3 is 2.81 bits per heavy atom. The van der Waals surface area contributed by atoms with Crippen molar-refractivity contribution < 1.29 is 28.6 Å². The van der Waals surface area contributed by atoms with Crippen LogP contribution >= 0.6 is 0 Å². The number of ether oxygens (including phenoxy) is 3. The highest BCUT2D eigenvalue weighted by atomic mass is 16.5. The number of H-pyrrole nitrogens is 1. The van der Waals surface area contributed by atoms with Gasteiger partial charge in [0, 0.05) is 74.7 Å². The summed E-state index contributed by atoms with van der Waals surface area (Å²) in [6, 6.07) is 13.6. The highest BCUT2D eigenvalue weighted by Crippen LogP contribution is 2.52. The van der Waals surface area contributed by atoms with E-state index in [1.807, 2.05) is 58.5 Å². The fourth-order valence-electron chi connectivity index (χ4n) is 6.58. The molecule has 2 atom stereocenters. The van der Waals surface area contributed by atoms with Gasteiger partial charge in [0.15, 0.2) is 11.5 Å². The van der Waals surface area contributed by atoms with Crippen LogP contribution < -0.4 is 14.8 Å². The molecule has 3 aromatic rings. The lowest BCUT2D eigenvalue weighted by Crippen LogP contribution is -2.48. The summed E-state index contributed by atoms with van der Waals surface area (Å²) in [5.41, 5.74) is 1.99. The van der Waals surface area contributed by atoms with Gasteiger partial charge in [0.2, 0.25) is 11.8 Å². The van der Waals surface area contributed by atoms with Crippen LogP contribution in [-0.2, 0) is 14.3 Å². The maximum Gasteiger partial charge on any atom is 0.255 e. The first-order valence-electron chi connectivity index (χ1n) is 14.8. The van der Waals surface area contributed by atoms with E-state index in [0.717, 1.165) is 16.5 Å². The summed E-state index contributed by atoms with van der Waals surface area (Å²) in [5, 5.41) is 4.13. The van der Waals surface area contributed by atoms with Gasteiger partial charge >= 0.3 is 0 Å². The number of amides is 3. The highest BCUT2D eigenvalue weighted by Gasteiger charge is 2.52. The van der Waals surface area contributed by atoms with Crippen molar-refractivity contribution in [2.75, 3.05) is 59.7 Å². The SMILES string of the molecule is COCCC(=O)N1C[C@H]2c3cccc4c3OC[C@@]2(CNC(=O)CCCN(C(=O)c2cccc3cc[nH]c23)CCCO4)C1. The number of likely N-dealkylation sites (tertiary alicyclic amines) is 1. The summed E-state index contributed by atoms with van der Waals surface area (Å²) in [4.78, 5) is 46.6. The molecule has 3 amide bonds. The van der Waals surface area contributed by atoms with Crippen LogP contribution in [0.25, 0.3) is 10.9 Å². The zero-order valence-electron chi connectivity index (χ0n) is 24.0. The van der Waals surface area contributed by atoms with Gasteiger partial charge in [0.1, 0.15) is 0 Å². The predicted molar refractivity (Wildman–Crippen MR) is 157 cm³/mol. The zero-order valence-corrected chi connectivity index (χ0v) is 24.0. The molecule has 10 heteroatoms. The van der Waals surface area contributed by atoms with Crippen molar-refractivity contribution in [1.29, 1.82) is 0 Å². The number of aromatic nitrogens is 1. The van der Waals surface area contributed by atoms with Gasteiger partial charge in [-0.3, -0.25) is 14.4 Å². The minimum Gasteiger partial charge on any atom is -0.490 e. The lowest BCUT2D eigenvalue weighted by molar-refractivity contribution is -0.131. The van der Waals surface area contributed by atoms with Crippen molar-refractivity contribution in [1.82, 2.24) is 20.1 Å². The van der Waals surface area contributed by atoms with E-state index in [-0.39, 0.29) is 23.6 Å². The number of nitrogens with one attached hydrogen (secondary N) is 2. The van der Waals surface area contributed by atoms with Crippen LogP contribution in [0.2, 0.25) is 0 Å². The molecule has 7 rings (SSSR count). The maximum atomic E-state index is 13.7. The van der Waals surface area contributed by atoms with Crippen LogP contribution in [0.4, 0.5) is 0 Å². The first kappa shape index (κ1) is 28.1. The Morgan fingerprint density at radius 2 is 1.93 bits per heavy atom. The van der Waals surface area contributed by atoms with E-state index >= 15 is 0 Å². The topological polar surface area (TPSA) is 113 Å². The standard InChI is InChI=1S/C32H38N4O6/c1-40-17-12-28(38)36-18-25-23-7-3-9-26-30(23)42-21-32(25,20-36)19-34-27(37)10-4-14-35(15-5-16-41-26)31(39)24-8-2-6-22-11-13-33-29(22)24/h2-3,6-9,11,13,25,33H,4-5,10,12,14-21H2,1H3,(H,34,37)/t25-,32+/m0/s1. The molecule has 10 nitrogen and oxygen atoms in total. The van der Waals surface area contributed by atoms with Crippen LogP contribution in [0.1, 0.15) is 47.5 Å². The molecule has 0 saturated carbocycles. The molecule has 4 aliphatic heterocycles. The lowest BCUT2D eigenvalue weighted by Gasteiger charge is -2.40. The Bertz CT molecular complexity index is 1470. The second-order valence-corrected chi connectivity index (χ2v) is 11.5. The fourth-order valence-corrected chi connectivity index (χ4v) is 6.58. The second-order valence-electron chi connectivity index (χ2n) is 11.5. The third-order valence-corrected chi connectivity index (χ3v) is 8.81. The monoisotopic (exact) mass is 574 g/mol. The Labute approximate surface area is 245 Å². The summed E-state index contributed by atoms with van der Waals surface area (Å²) in [6.45, 7) is 3.57. The van der Waals surface area contributed by atoms with E-state index in [1.165, 1.54) is 0 Å². The number of nitrogens with zero attached hydrogens (tertiary/aromatic N) is 2. The van der Waals surface area contributed by atoms with Crippen molar-refractivity contribution >= 4 is 28.6 Å². The van der Waals surface area contributed by atoms with Crippen LogP contribution in [0.5, 0.6) is 11.5 Å². The number of hydrogen-bond acceptors (Lipinski definition) is 6. The molecule has 5 heterocycles. The van der Waals surface area contributed by atoms with Crippen LogP contribution in [-0.4, -0.2) is 92.2 Å². The number of aromatic amines is 1. The number of fused-ring (bicyclic) bond motifs is 12. The summed E-state index contributed by atoms with van der Waals surface area (Å²) in [7, 11) is 1.59. The van der Waals surface area contributed by atoms with E-state index in [2.05, 4.69) is 10.3 Å². The quantitative estimate of drug-likeness (QED) is 0.494. The molecule has 4 bridgehead atoms. The van der Waals surface area contributed by atoms with E-state index in [1.54, 1.807) is 7.11 Å². The van der Waals surface area contributed by atoms with Gasteiger partial charge < -0.3 is 34.3 Å². The number of carbonyl (C=O) groups excluding carboxylic acids is 3. The average Bonchev–Trinajstić information content (AvgIpc) is 3.65. The largest absolute Gasteiger partial charge is 0.490 e. The molecular weight excluding hydrogens is 536 g/mol. The molecule has 4 aliphatic rings. The fraction of sp³-hybridized carbons (Fsp3) is 0.469. The molecule has 2 N–H and O–H groups in total. The number of benzene rings is 2. The first-order valence-corrected chi connectivity index (χ1v) is 14.8. The summed E-state index contributed by atoms with van der Waals surface area (Å²) >= 11 is 0. The minimum atomic E-state index is -0.447. The number of carbonyl (C=O) groups is 3. The van der Waals surface area contributed by atoms with Crippen molar-refractivity contribution in [3.8, 4) is 11.5 Å². The number of para-hydroxylation sites is 2. The van der Waals surface area contributed by atoms with Crippen molar-refractivity contribution in [2.24, 2.45) is 5.41 Å². The Kier molecular flexibility index (Phi) is 8.06. The number of methoxy groups -OCH3 is 1. The molecule has 42 heavy (non-hydrogen) atoms. The average molecular weight is 575 g/mol. The van der Waals surface area contributed by atoms with E-state index in [9.17, 15) is 14.4 Å². The van der Waals surface area contributed by atoms with Gasteiger partial charge in [0.25, 0.3) is 5.91 Å². The Balaban J connectivity index is 1.24. The first-order chi connectivity index (χ1) is 20.5. The summed E-state index contributed by atoms with van der Waals surface area (Å²) in [5.74, 6) is 1.28. The molecule has 0 aliphatic carbocycles. The van der Waals surface area contributed by atoms with Gasteiger partial charge in [-0.15, -0.1) is 0 Å². The molecule has 0 radical (unpaired) electrons. The van der Waals surface area contributed by atoms with Crippen molar-refractivity contribution in [3.63, 3.8) is 0 Å². The number of hydrogen-bond donors (Lipinski definition) is 2. The third-order valence-electron chi connectivity index (χ3n) is 8.81. The van der Waals surface area contributed by atoms with Gasteiger partial charge in [-0.05, 0) is 31.0 Å². The van der Waals surface area contributed by atoms with Gasteiger partial charge in [0.05, 0.1) is 37.3 Å². The second kappa shape index (κ2) is 12.1. The normalized spacial score (nSPS) is 22.8. The Hall–Kier alpha value is -4.05. The van der Waals surface area contributed by atoms with Gasteiger partial charge in [-0.25, -0.2) is 0 Å². The van der Waals surface area contributed by atoms with Crippen molar-refractivity contribution in [2.45, 2.75) is 31.6 Å². The van der Waals surface area contributed by atoms with Crippen LogP contribution in [0, 0.1) is 5.41 Å². The molecule has 1 fully saturated rings. The molecule has 1 spiro atoms. The maximum absolute atomic E-state index is 13.7. The molecule has 0 unspecified atom stereocenters. The number of rotatable bonds is 4. The van der Waals surface area contributed by atoms with Crippen molar-refractivity contribution in [3.05, 3.63) is 59.8 Å². The molecule has 222 valence electrons. The molecule has 1 aromatic heterocycles. The van der Waals surface area contributed by atoms with E-state index in [4.69, 9.17) is 14.2 Å². The van der Waals surface area contributed by atoms with E-state index < -0.39 is 5.41 Å². The summed E-state index contributed by atoms with van der Waals surface area (Å²) < 4.78 is 17.7. The van der Waals surface area contributed by atoms with Gasteiger partial charge in [-0.2, -0.15) is 0 Å². The zero-order chi connectivity index (χ0) is 29.1. The van der Waals surface area contributed by atoms with Crippen LogP contribution in [0.15, 0.2) is 48.7 Å². The Morgan fingerprint density at radius 1 is 1.07 bits per heavy atom. The third kappa shape index (κ3) is 5.43. The van der Waals surface area contributed by atoms with Gasteiger partial charge in [-0.1, -0.05) is 24.3 Å². The smallest absolute Gasteiger partial charge is 0.255 e. The summed E-state index contributed by atoms with van der Waals surface area (Å²) in [6.07, 6.45) is 3.61. The lowest BCUT2D eigenvalue weighted by atomic mass is 9.73. The molecule has 1 saturated heterocycles. The minimum absolute atomic E-state index is 0.00770. The van der Waals surface area contributed by atoms with E-state index in [0.29, 0.717) is 95.3 Å². The predicted octanol–water partition coefficient (Wildman–Crippen LogP) is 3.33. The van der Waals surface area contributed by atoms with Crippen LogP contribution in [0.3, 0.4) is 0 Å². The highest BCUT2D eigenvalue weighted by molar-refractivity contribution is 6.05. The molecule has 2 aromatic carbocycles. The molecular formula is C32H38N4O6.